The molecule has 0 aliphatic carbocycles. The predicted molar refractivity (Wildman–Crippen MR) is 84.2 cm³/mol. The molecular formula is C15H22N2O2S. The first kappa shape index (κ1) is 15.2. The molecule has 0 spiro atoms. The second-order valence-corrected chi connectivity index (χ2v) is 5.61. The van der Waals surface area contributed by atoms with Crippen molar-refractivity contribution in [2.45, 2.75) is 26.0 Å². The highest BCUT2D eigenvalue weighted by atomic mass is 32.1. The largest absolute Gasteiger partial charge is 0.496 e. The Hall–Kier alpha value is -1.17. The highest BCUT2D eigenvalue weighted by molar-refractivity contribution is 7.80. The van der Waals surface area contributed by atoms with E-state index >= 15 is 0 Å². The minimum absolute atomic E-state index is 0.283. The van der Waals surface area contributed by atoms with E-state index in [-0.39, 0.29) is 6.10 Å². The van der Waals surface area contributed by atoms with Gasteiger partial charge in [0.25, 0.3) is 0 Å². The fourth-order valence-corrected chi connectivity index (χ4v) is 2.69. The Morgan fingerprint density at radius 2 is 2.35 bits per heavy atom. The van der Waals surface area contributed by atoms with Gasteiger partial charge in [-0.1, -0.05) is 18.3 Å². The number of rotatable bonds is 4. The lowest BCUT2D eigenvalue weighted by molar-refractivity contribution is 0.0668. The number of nitrogens with zero attached hydrogens (tertiary/aromatic N) is 1. The summed E-state index contributed by atoms with van der Waals surface area (Å²) in [6.45, 7) is 5.85. The average molecular weight is 294 g/mol. The second-order valence-electron chi connectivity index (χ2n) is 5.17. The molecule has 1 aliphatic rings. The highest BCUT2D eigenvalue weighted by Gasteiger charge is 2.16. The highest BCUT2D eigenvalue weighted by Crippen LogP contribution is 2.21. The van der Waals surface area contributed by atoms with Gasteiger partial charge in [-0.2, -0.15) is 0 Å². The maximum absolute atomic E-state index is 5.76. The molecular weight excluding hydrogens is 272 g/mol. The second kappa shape index (κ2) is 7.02. The molecule has 1 atom stereocenters. The molecule has 0 saturated carbocycles. The summed E-state index contributed by atoms with van der Waals surface area (Å²) in [4.78, 5) is 2.78. The first-order chi connectivity index (χ1) is 9.60. The zero-order chi connectivity index (χ0) is 14.5. The summed E-state index contributed by atoms with van der Waals surface area (Å²) < 4.78 is 11.0. The predicted octanol–water partition coefficient (Wildman–Crippen LogP) is 1.94. The van der Waals surface area contributed by atoms with E-state index in [1.807, 2.05) is 12.1 Å². The molecule has 110 valence electrons. The van der Waals surface area contributed by atoms with Gasteiger partial charge in [-0.15, -0.1) is 0 Å². The molecule has 0 aromatic heterocycles. The normalized spacial score (nSPS) is 20.4. The van der Waals surface area contributed by atoms with Gasteiger partial charge in [0, 0.05) is 26.2 Å². The van der Waals surface area contributed by atoms with E-state index < -0.39 is 0 Å². The molecule has 1 saturated heterocycles. The van der Waals surface area contributed by atoms with Crippen LogP contribution in [0.2, 0.25) is 0 Å². The molecule has 1 unspecified atom stereocenters. The summed E-state index contributed by atoms with van der Waals surface area (Å²) in [5, 5.41) is 0. The quantitative estimate of drug-likeness (QED) is 0.860. The van der Waals surface area contributed by atoms with Crippen molar-refractivity contribution >= 4 is 17.2 Å². The number of ether oxygens (including phenoxy) is 2. The van der Waals surface area contributed by atoms with Crippen LogP contribution in [0, 0.1) is 0 Å². The summed E-state index contributed by atoms with van der Waals surface area (Å²) >= 11 is 5.08. The van der Waals surface area contributed by atoms with Gasteiger partial charge in [0.1, 0.15) is 10.7 Å². The smallest absolute Gasteiger partial charge is 0.129 e. The molecule has 2 N–H and O–H groups in total. The van der Waals surface area contributed by atoms with Crippen LogP contribution in [0.3, 0.4) is 0 Å². The number of methoxy groups -OCH3 is 1. The van der Waals surface area contributed by atoms with Crippen LogP contribution < -0.4 is 10.5 Å². The monoisotopic (exact) mass is 294 g/mol. The first-order valence-corrected chi connectivity index (χ1v) is 7.31. The van der Waals surface area contributed by atoms with Crippen LogP contribution in [0.4, 0.5) is 0 Å². The van der Waals surface area contributed by atoms with Gasteiger partial charge in [-0.3, -0.25) is 4.90 Å². The fraction of sp³-hybridized carbons (Fsp3) is 0.533. The van der Waals surface area contributed by atoms with Crippen molar-refractivity contribution in [2.24, 2.45) is 5.73 Å². The van der Waals surface area contributed by atoms with Gasteiger partial charge in [0.05, 0.1) is 18.8 Å². The molecule has 2 rings (SSSR count). The maximum Gasteiger partial charge on any atom is 0.129 e. The molecule has 20 heavy (non-hydrogen) atoms. The molecule has 1 fully saturated rings. The lowest BCUT2D eigenvalue weighted by Gasteiger charge is -2.22. The van der Waals surface area contributed by atoms with Crippen molar-refractivity contribution in [3.63, 3.8) is 0 Å². The SMILES string of the molecule is COc1ccc(CN2CCCOC(C)C2)cc1C(N)=S. The van der Waals surface area contributed by atoms with Crippen LogP contribution in [0.1, 0.15) is 24.5 Å². The van der Waals surface area contributed by atoms with Crippen molar-refractivity contribution < 1.29 is 9.47 Å². The Kier molecular flexibility index (Phi) is 5.34. The lowest BCUT2D eigenvalue weighted by atomic mass is 10.1. The molecule has 1 aromatic rings. The van der Waals surface area contributed by atoms with Gasteiger partial charge < -0.3 is 15.2 Å². The number of nitrogens with two attached hydrogens (primary N) is 1. The number of thiocarbonyl (C=S) groups is 1. The topological polar surface area (TPSA) is 47.7 Å². The van der Waals surface area contributed by atoms with E-state index in [2.05, 4.69) is 17.9 Å². The first-order valence-electron chi connectivity index (χ1n) is 6.91. The Balaban J connectivity index is 2.12. The van der Waals surface area contributed by atoms with Crippen LogP contribution in [-0.2, 0) is 11.3 Å². The Morgan fingerprint density at radius 1 is 1.55 bits per heavy atom. The van der Waals surface area contributed by atoms with Crippen LogP contribution in [0.5, 0.6) is 5.75 Å². The van der Waals surface area contributed by atoms with Crippen LogP contribution >= 0.6 is 12.2 Å². The molecule has 5 heteroatoms. The molecule has 4 nitrogen and oxygen atoms in total. The van der Waals surface area contributed by atoms with Crippen molar-refractivity contribution in [1.29, 1.82) is 0 Å². The average Bonchev–Trinajstić information content (AvgIpc) is 2.63. The third kappa shape index (κ3) is 3.91. The number of hydrogen-bond acceptors (Lipinski definition) is 4. The summed E-state index contributed by atoms with van der Waals surface area (Å²) in [6, 6.07) is 6.02. The number of benzene rings is 1. The van der Waals surface area contributed by atoms with Crippen molar-refractivity contribution in [3.05, 3.63) is 29.3 Å². The van der Waals surface area contributed by atoms with Crippen molar-refractivity contribution in [1.82, 2.24) is 4.90 Å². The molecule has 1 aliphatic heterocycles. The van der Waals surface area contributed by atoms with Crippen LogP contribution in [-0.4, -0.2) is 42.8 Å². The van der Waals surface area contributed by atoms with Gasteiger partial charge in [0.15, 0.2) is 0 Å². The molecule has 1 aromatic carbocycles. The Morgan fingerprint density at radius 3 is 3.05 bits per heavy atom. The minimum atomic E-state index is 0.283. The van der Waals surface area contributed by atoms with Crippen LogP contribution in [0.25, 0.3) is 0 Å². The Labute approximate surface area is 125 Å². The van der Waals surface area contributed by atoms with E-state index in [0.717, 1.165) is 44.0 Å². The third-order valence-corrected chi connectivity index (χ3v) is 3.69. The fourth-order valence-electron chi connectivity index (χ4n) is 2.53. The van der Waals surface area contributed by atoms with Gasteiger partial charge in [-0.05, 0) is 31.0 Å². The summed E-state index contributed by atoms with van der Waals surface area (Å²) in [5.74, 6) is 0.730. The van der Waals surface area contributed by atoms with Gasteiger partial charge in [0.2, 0.25) is 0 Å². The van der Waals surface area contributed by atoms with E-state index in [1.165, 1.54) is 5.56 Å². The van der Waals surface area contributed by atoms with Gasteiger partial charge in [-0.25, -0.2) is 0 Å². The Bertz CT molecular complexity index is 479. The minimum Gasteiger partial charge on any atom is -0.496 e. The third-order valence-electron chi connectivity index (χ3n) is 3.47. The summed E-state index contributed by atoms with van der Waals surface area (Å²) in [7, 11) is 1.63. The molecule has 0 amide bonds. The van der Waals surface area contributed by atoms with E-state index in [1.54, 1.807) is 7.11 Å². The van der Waals surface area contributed by atoms with Crippen molar-refractivity contribution in [3.8, 4) is 5.75 Å². The van der Waals surface area contributed by atoms with E-state index in [0.29, 0.717) is 4.99 Å². The summed E-state index contributed by atoms with van der Waals surface area (Å²) in [5.41, 5.74) is 7.76. The van der Waals surface area contributed by atoms with Crippen LogP contribution in [0.15, 0.2) is 18.2 Å². The zero-order valence-corrected chi connectivity index (χ0v) is 12.9. The summed E-state index contributed by atoms with van der Waals surface area (Å²) in [6.07, 6.45) is 1.36. The lowest BCUT2D eigenvalue weighted by Crippen LogP contribution is -2.29. The maximum atomic E-state index is 5.76. The number of hydrogen-bond donors (Lipinski definition) is 1. The zero-order valence-electron chi connectivity index (χ0n) is 12.1. The standard InChI is InChI=1S/C15H22N2O2S/c1-11-9-17(6-3-7-19-11)10-12-4-5-14(18-2)13(8-12)15(16)20/h4-5,8,11H,3,6-7,9-10H2,1-2H3,(H2,16,20). The van der Waals surface area contributed by atoms with Gasteiger partial charge >= 0.3 is 0 Å². The van der Waals surface area contributed by atoms with Crippen molar-refractivity contribution in [2.75, 3.05) is 26.8 Å². The molecule has 0 radical (unpaired) electrons. The van der Waals surface area contributed by atoms with E-state index in [4.69, 9.17) is 27.4 Å². The van der Waals surface area contributed by atoms with E-state index in [9.17, 15) is 0 Å². The molecule has 1 heterocycles. The molecule has 0 bridgehead atoms.